The standard InChI is InChI=1S/C19H17N5O3S/c1-12-3-4-13(2)17(9-12)27-10-18-20-21-19-23(18)22-16(11-28-19)14-5-7-15(8-6-14)24(25)26/h3-9H,10-11H2,1-2H3. The fraction of sp³-hybridized carbons (Fsp3) is 0.211. The lowest BCUT2D eigenvalue weighted by Gasteiger charge is -2.14. The van der Waals surface area contributed by atoms with E-state index in [2.05, 4.69) is 15.3 Å². The van der Waals surface area contributed by atoms with E-state index in [-0.39, 0.29) is 12.3 Å². The average molecular weight is 395 g/mol. The molecule has 0 saturated heterocycles. The lowest BCUT2D eigenvalue weighted by Crippen LogP contribution is -2.15. The fourth-order valence-electron chi connectivity index (χ4n) is 2.78. The molecule has 0 N–H and O–H groups in total. The summed E-state index contributed by atoms with van der Waals surface area (Å²) in [5, 5.41) is 24.5. The maximum absolute atomic E-state index is 10.8. The Morgan fingerprint density at radius 3 is 2.71 bits per heavy atom. The molecule has 0 aliphatic carbocycles. The third-order valence-corrected chi connectivity index (χ3v) is 5.28. The summed E-state index contributed by atoms with van der Waals surface area (Å²) in [5.74, 6) is 2.02. The van der Waals surface area contributed by atoms with Crippen molar-refractivity contribution in [2.45, 2.75) is 25.6 Å². The Morgan fingerprint density at radius 2 is 1.96 bits per heavy atom. The second kappa shape index (κ2) is 7.43. The van der Waals surface area contributed by atoms with Gasteiger partial charge in [0.2, 0.25) is 5.16 Å². The normalized spacial score (nSPS) is 13.0. The summed E-state index contributed by atoms with van der Waals surface area (Å²) in [4.78, 5) is 10.4. The number of non-ortho nitro benzene ring substituents is 1. The minimum absolute atomic E-state index is 0.0559. The zero-order valence-corrected chi connectivity index (χ0v) is 16.1. The highest BCUT2D eigenvalue weighted by molar-refractivity contribution is 7.99. The topological polar surface area (TPSA) is 95.4 Å². The number of fused-ring (bicyclic) bond motifs is 1. The van der Waals surface area contributed by atoms with Crippen molar-refractivity contribution in [2.75, 3.05) is 5.75 Å². The first-order valence-electron chi connectivity index (χ1n) is 8.61. The van der Waals surface area contributed by atoms with Crippen molar-refractivity contribution in [3.8, 4) is 5.75 Å². The lowest BCUT2D eigenvalue weighted by molar-refractivity contribution is -0.384. The van der Waals surface area contributed by atoms with Crippen LogP contribution in [0.1, 0.15) is 22.5 Å². The Labute approximate surface area is 165 Å². The van der Waals surface area contributed by atoms with Crippen LogP contribution in [0.4, 0.5) is 5.69 Å². The van der Waals surface area contributed by atoms with Crippen LogP contribution in [-0.4, -0.2) is 31.3 Å². The molecule has 3 aromatic rings. The van der Waals surface area contributed by atoms with Gasteiger partial charge in [-0.05, 0) is 48.7 Å². The van der Waals surface area contributed by atoms with E-state index < -0.39 is 4.92 Å². The van der Waals surface area contributed by atoms with Gasteiger partial charge >= 0.3 is 0 Å². The third-order valence-electron chi connectivity index (χ3n) is 4.35. The number of benzene rings is 2. The zero-order chi connectivity index (χ0) is 19.7. The van der Waals surface area contributed by atoms with E-state index in [1.54, 1.807) is 16.8 Å². The molecule has 0 bridgehead atoms. The van der Waals surface area contributed by atoms with Crippen LogP contribution >= 0.6 is 11.8 Å². The predicted octanol–water partition coefficient (Wildman–Crippen LogP) is 3.74. The van der Waals surface area contributed by atoms with Gasteiger partial charge in [0, 0.05) is 17.9 Å². The smallest absolute Gasteiger partial charge is 0.269 e. The van der Waals surface area contributed by atoms with Crippen molar-refractivity contribution in [1.82, 2.24) is 14.9 Å². The van der Waals surface area contributed by atoms with Crippen LogP contribution in [0.2, 0.25) is 0 Å². The van der Waals surface area contributed by atoms with Gasteiger partial charge in [-0.25, -0.2) is 0 Å². The second-order valence-electron chi connectivity index (χ2n) is 6.41. The number of nitrogens with zero attached hydrogens (tertiary/aromatic N) is 5. The minimum atomic E-state index is -0.415. The lowest BCUT2D eigenvalue weighted by atomic mass is 10.1. The Balaban J connectivity index is 1.57. The SMILES string of the molecule is Cc1ccc(C)c(OCc2nnc3n2N=C(c2ccc([N+](=O)[O-])cc2)CS3)c1. The number of hydrogen-bond donors (Lipinski definition) is 0. The van der Waals surface area contributed by atoms with Gasteiger partial charge in [-0.2, -0.15) is 9.78 Å². The van der Waals surface area contributed by atoms with E-state index in [1.165, 1.54) is 23.9 Å². The summed E-state index contributed by atoms with van der Waals surface area (Å²) in [5.41, 5.74) is 3.87. The van der Waals surface area contributed by atoms with Gasteiger partial charge in [0.05, 0.1) is 10.6 Å². The largest absolute Gasteiger partial charge is 0.485 e. The van der Waals surface area contributed by atoms with Crippen LogP contribution < -0.4 is 4.74 Å². The summed E-state index contributed by atoms with van der Waals surface area (Å²) in [7, 11) is 0. The molecule has 1 aromatic heterocycles. The Morgan fingerprint density at radius 1 is 1.18 bits per heavy atom. The van der Waals surface area contributed by atoms with Gasteiger partial charge in [-0.15, -0.1) is 10.2 Å². The van der Waals surface area contributed by atoms with Gasteiger partial charge in [0.15, 0.2) is 5.82 Å². The number of aromatic nitrogens is 3. The van der Waals surface area contributed by atoms with E-state index in [4.69, 9.17) is 4.74 Å². The number of rotatable bonds is 5. The monoisotopic (exact) mass is 395 g/mol. The molecule has 0 fully saturated rings. The first-order valence-corrected chi connectivity index (χ1v) is 9.59. The van der Waals surface area contributed by atoms with E-state index >= 15 is 0 Å². The van der Waals surface area contributed by atoms with Crippen molar-refractivity contribution < 1.29 is 9.66 Å². The molecule has 2 aromatic carbocycles. The molecule has 28 heavy (non-hydrogen) atoms. The summed E-state index contributed by atoms with van der Waals surface area (Å²) in [6, 6.07) is 12.4. The maximum atomic E-state index is 10.8. The summed E-state index contributed by atoms with van der Waals surface area (Å²) >= 11 is 1.52. The number of thioether (sulfide) groups is 1. The van der Waals surface area contributed by atoms with Gasteiger partial charge in [0.1, 0.15) is 12.4 Å². The zero-order valence-electron chi connectivity index (χ0n) is 15.3. The summed E-state index contributed by atoms with van der Waals surface area (Å²) in [6.45, 7) is 4.26. The van der Waals surface area contributed by atoms with Crippen LogP contribution in [0.3, 0.4) is 0 Å². The summed E-state index contributed by atoms with van der Waals surface area (Å²) in [6.07, 6.45) is 0. The summed E-state index contributed by atoms with van der Waals surface area (Å²) < 4.78 is 7.61. The van der Waals surface area contributed by atoms with Crippen molar-refractivity contribution in [3.63, 3.8) is 0 Å². The highest BCUT2D eigenvalue weighted by Crippen LogP contribution is 2.26. The average Bonchev–Trinajstić information content (AvgIpc) is 3.11. The molecule has 1 aliphatic heterocycles. The Bertz CT molecular complexity index is 1080. The fourth-order valence-corrected chi connectivity index (χ4v) is 3.64. The van der Waals surface area contributed by atoms with Gasteiger partial charge in [0.25, 0.3) is 5.69 Å². The minimum Gasteiger partial charge on any atom is -0.485 e. The molecule has 9 heteroatoms. The quantitative estimate of drug-likeness (QED) is 0.482. The van der Waals surface area contributed by atoms with Crippen LogP contribution in [0.25, 0.3) is 0 Å². The molecule has 0 amide bonds. The number of aryl methyl sites for hydroxylation is 2. The number of nitro groups is 1. The number of ether oxygens (including phenoxy) is 1. The van der Waals surface area contributed by atoms with E-state index in [0.29, 0.717) is 16.7 Å². The van der Waals surface area contributed by atoms with Crippen molar-refractivity contribution in [3.05, 3.63) is 75.1 Å². The molecule has 8 nitrogen and oxygen atoms in total. The molecule has 0 atom stereocenters. The van der Waals surface area contributed by atoms with Gasteiger partial charge < -0.3 is 4.74 Å². The van der Waals surface area contributed by atoms with Crippen molar-refractivity contribution in [1.29, 1.82) is 0 Å². The highest BCUT2D eigenvalue weighted by Gasteiger charge is 2.20. The van der Waals surface area contributed by atoms with Crippen molar-refractivity contribution >= 4 is 23.2 Å². The molecule has 142 valence electrons. The molecule has 0 radical (unpaired) electrons. The predicted molar refractivity (Wildman–Crippen MR) is 106 cm³/mol. The van der Waals surface area contributed by atoms with Crippen LogP contribution in [0.15, 0.2) is 52.7 Å². The highest BCUT2D eigenvalue weighted by atomic mass is 32.2. The molecular formula is C19H17N5O3S. The molecule has 1 aliphatic rings. The Hall–Kier alpha value is -3.20. The molecule has 0 spiro atoms. The van der Waals surface area contributed by atoms with E-state index in [1.807, 2.05) is 32.0 Å². The molecule has 0 unspecified atom stereocenters. The third kappa shape index (κ3) is 3.61. The van der Waals surface area contributed by atoms with Gasteiger partial charge in [-0.3, -0.25) is 10.1 Å². The Kier molecular flexibility index (Phi) is 4.82. The molecule has 0 saturated carbocycles. The molecular weight excluding hydrogens is 378 g/mol. The van der Waals surface area contributed by atoms with Gasteiger partial charge in [-0.1, -0.05) is 23.9 Å². The number of nitro benzene ring substituents is 1. The van der Waals surface area contributed by atoms with Crippen LogP contribution in [0.5, 0.6) is 5.75 Å². The molecule has 4 rings (SSSR count). The first kappa shape index (κ1) is 18.2. The molecule has 2 heterocycles. The second-order valence-corrected chi connectivity index (χ2v) is 7.35. The van der Waals surface area contributed by atoms with E-state index in [0.717, 1.165) is 28.2 Å². The van der Waals surface area contributed by atoms with Crippen LogP contribution in [-0.2, 0) is 6.61 Å². The first-order chi connectivity index (χ1) is 13.5. The van der Waals surface area contributed by atoms with Crippen molar-refractivity contribution in [2.24, 2.45) is 5.10 Å². The maximum Gasteiger partial charge on any atom is 0.269 e. The number of hydrogen-bond acceptors (Lipinski definition) is 7. The van der Waals surface area contributed by atoms with Crippen LogP contribution in [0, 0.1) is 24.0 Å². The van der Waals surface area contributed by atoms with E-state index in [9.17, 15) is 10.1 Å².